The number of amides is 1. The summed E-state index contributed by atoms with van der Waals surface area (Å²) in [6.45, 7) is 2.65. The molecule has 6 heteroatoms. The van der Waals surface area contributed by atoms with Crippen molar-refractivity contribution in [3.8, 4) is 0 Å². The van der Waals surface area contributed by atoms with Gasteiger partial charge in [-0.15, -0.1) is 24.2 Å². The van der Waals surface area contributed by atoms with Crippen molar-refractivity contribution in [2.75, 3.05) is 12.3 Å². The predicted molar refractivity (Wildman–Crippen MR) is 90.6 cm³/mol. The molecule has 1 aliphatic carbocycles. The minimum atomic E-state index is 0. The monoisotopic (exact) mass is 378 g/mol. The Labute approximate surface area is 139 Å². The third-order valence-electron chi connectivity index (χ3n) is 3.26. The molecule has 3 N–H and O–H groups in total. The Bertz CT molecular complexity index is 468. The SMILES string of the molecule is Cc1cc(Br)ccc1SCC(=O)NCC(N)C1CC1.Cl. The molecule has 1 fully saturated rings. The maximum Gasteiger partial charge on any atom is 0.230 e. The van der Waals surface area contributed by atoms with Gasteiger partial charge in [0.15, 0.2) is 0 Å². The van der Waals surface area contributed by atoms with Crippen LogP contribution < -0.4 is 11.1 Å². The summed E-state index contributed by atoms with van der Waals surface area (Å²) in [5, 5.41) is 2.91. The summed E-state index contributed by atoms with van der Waals surface area (Å²) in [6.07, 6.45) is 2.42. The molecule has 0 aromatic heterocycles. The van der Waals surface area contributed by atoms with Crippen LogP contribution in [0.2, 0.25) is 0 Å². The summed E-state index contributed by atoms with van der Waals surface area (Å²) in [6, 6.07) is 6.22. The van der Waals surface area contributed by atoms with Crippen LogP contribution in [0.4, 0.5) is 0 Å². The summed E-state index contributed by atoms with van der Waals surface area (Å²) < 4.78 is 1.06. The normalized spacial score (nSPS) is 15.3. The number of hydrogen-bond acceptors (Lipinski definition) is 3. The predicted octanol–water partition coefficient (Wildman–Crippen LogP) is 3.12. The largest absolute Gasteiger partial charge is 0.354 e. The molecule has 0 aliphatic heterocycles. The van der Waals surface area contributed by atoms with E-state index in [1.54, 1.807) is 11.8 Å². The van der Waals surface area contributed by atoms with Crippen molar-refractivity contribution in [1.82, 2.24) is 5.32 Å². The number of aryl methyl sites for hydroxylation is 1. The first-order valence-electron chi connectivity index (χ1n) is 6.47. The van der Waals surface area contributed by atoms with E-state index in [4.69, 9.17) is 5.73 Å². The lowest BCUT2D eigenvalue weighted by atomic mass is 10.2. The lowest BCUT2D eigenvalue weighted by molar-refractivity contribution is -0.118. The van der Waals surface area contributed by atoms with Gasteiger partial charge in [-0.25, -0.2) is 0 Å². The maximum absolute atomic E-state index is 11.7. The summed E-state index contributed by atoms with van der Waals surface area (Å²) in [5.74, 6) is 1.13. The Kier molecular flexibility index (Phi) is 7.37. The molecule has 2 rings (SSSR count). The number of thioether (sulfide) groups is 1. The summed E-state index contributed by atoms with van der Waals surface area (Å²) in [5.41, 5.74) is 7.13. The molecular weight excluding hydrogens is 360 g/mol. The number of halogens is 2. The van der Waals surface area contributed by atoms with E-state index < -0.39 is 0 Å². The van der Waals surface area contributed by atoms with E-state index in [1.165, 1.54) is 18.4 Å². The zero-order chi connectivity index (χ0) is 13.8. The Hall–Kier alpha value is -0.230. The van der Waals surface area contributed by atoms with E-state index in [2.05, 4.69) is 27.3 Å². The van der Waals surface area contributed by atoms with E-state index >= 15 is 0 Å². The van der Waals surface area contributed by atoms with Gasteiger partial charge in [-0.1, -0.05) is 15.9 Å². The maximum atomic E-state index is 11.7. The van der Waals surface area contributed by atoms with E-state index in [0.717, 1.165) is 9.37 Å². The first-order chi connectivity index (χ1) is 9.06. The lowest BCUT2D eigenvalue weighted by Crippen LogP contribution is -2.39. The molecule has 0 bridgehead atoms. The fraction of sp³-hybridized carbons (Fsp3) is 0.500. The molecule has 1 aromatic rings. The van der Waals surface area contributed by atoms with Gasteiger partial charge in [0.25, 0.3) is 0 Å². The van der Waals surface area contributed by atoms with Gasteiger partial charge in [0.2, 0.25) is 5.91 Å². The van der Waals surface area contributed by atoms with Crippen molar-refractivity contribution < 1.29 is 4.79 Å². The van der Waals surface area contributed by atoms with Gasteiger partial charge in [0.1, 0.15) is 0 Å². The summed E-state index contributed by atoms with van der Waals surface area (Å²) >= 11 is 5.00. The fourth-order valence-electron chi connectivity index (χ4n) is 1.89. The zero-order valence-corrected chi connectivity index (χ0v) is 14.6. The molecule has 1 aliphatic rings. The zero-order valence-electron chi connectivity index (χ0n) is 11.4. The molecule has 0 spiro atoms. The third-order valence-corrected chi connectivity index (χ3v) is 4.93. The van der Waals surface area contributed by atoms with Gasteiger partial charge >= 0.3 is 0 Å². The van der Waals surface area contributed by atoms with E-state index in [1.807, 2.05) is 19.1 Å². The van der Waals surface area contributed by atoms with Crippen LogP contribution in [-0.4, -0.2) is 24.2 Å². The molecule has 1 saturated carbocycles. The van der Waals surface area contributed by atoms with Crippen LogP contribution in [0.3, 0.4) is 0 Å². The smallest absolute Gasteiger partial charge is 0.230 e. The highest BCUT2D eigenvalue weighted by Crippen LogP contribution is 2.31. The van der Waals surface area contributed by atoms with E-state index in [-0.39, 0.29) is 24.4 Å². The molecule has 1 atom stereocenters. The second-order valence-corrected chi connectivity index (χ2v) is 6.94. The highest BCUT2D eigenvalue weighted by molar-refractivity contribution is 9.10. The second kappa shape index (κ2) is 8.27. The lowest BCUT2D eigenvalue weighted by Gasteiger charge is -2.11. The van der Waals surface area contributed by atoms with Gasteiger partial charge in [-0.2, -0.15) is 0 Å². The second-order valence-electron chi connectivity index (χ2n) is 5.00. The first kappa shape index (κ1) is 17.8. The Balaban J connectivity index is 0.00000200. The molecule has 1 aromatic carbocycles. The highest BCUT2D eigenvalue weighted by atomic mass is 79.9. The molecule has 112 valence electrons. The minimum Gasteiger partial charge on any atom is -0.354 e. The van der Waals surface area contributed by atoms with Crippen LogP contribution >= 0.6 is 40.1 Å². The van der Waals surface area contributed by atoms with E-state index in [0.29, 0.717) is 18.2 Å². The molecule has 1 unspecified atom stereocenters. The standard InChI is InChI=1S/C14H19BrN2OS.ClH/c1-9-6-11(15)4-5-13(9)19-8-14(18)17-7-12(16)10-2-3-10;/h4-6,10,12H,2-3,7-8,16H2,1H3,(H,17,18);1H. The fourth-order valence-corrected chi connectivity index (χ4v) is 3.21. The number of carbonyl (C=O) groups excluding carboxylic acids is 1. The molecule has 0 radical (unpaired) electrons. The first-order valence-corrected chi connectivity index (χ1v) is 8.25. The molecule has 0 heterocycles. The Morgan fingerprint density at radius 2 is 2.25 bits per heavy atom. The number of carbonyl (C=O) groups is 1. The van der Waals surface area contributed by atoms with Crippen molar-refractivity contribution in [3.05, 3.63) is 28.2 Å². The van der Waals surface area contributed by atoms with Gasteiger partial charge in [-0.3, -0.25) is 4.79 Å². The van der Waals surface area contributed by atoms with Crippen LogP contribution in [0.25, 0.3) is 0 Å². The number of benzene rings is 1. The summed E-state index contributed by atoms with van der Waals surface area (Å²) in [7, 11) is 0. The quantitative estimate of drug-likeness (QED) is 0.747. The average molecular weight is 380 g/mol. The van der Waals surface area contributed by atoms with Crippen LogP contribution in [-0.2, 0) is 4.79 Å². The molecule has 3 nitrogen and oxygen atoms in total. The van der Waals surface area contributed by atoms with Gasteiger partial charge < -0.3 is 11.1 Å². The minimum absolute atomic E-state index is 0. The number of nitrogens with one attached hydrogen (secondary N) is 1. The third kappa shape index (κ3) is 5.64. The van der Waals surface area contributed by atoms with E-state index in [9.17, 15) is 4.79 Å². The van der Waals surface area contributed by atoms with Crippen LogP contribution in [0.1, 0.15) is 18.4 Å². The number of nitrogens with two attached hydrogens (primary N) is 1. The van der Waals surface area contributed by atoms with Crippen molar-refractivity contribution in [2.45, 2.75) is 30.7 Å². The Morgan fingerprint density at radius 1 is 1.55 bits per heavy atom. The number of rotatable bonds is 6. The van der Waals surface area contributed by atoms with Crippen LogP contribution in [0.15, 0.2) is 27.6 Å². The van der Waals surface area contributed by atoms with Crippen molar-refractivity contribution in [3.63, 3.8) is 0 Å². The molecule has 20 heavy (non-hydrogen) atoms. The van der Waals surface area contributed by atoms with Gasteiger partial charge in [0.05, 0.1) is 5.75 Å². The van der Waals surface area contributed by atoms with Crippen molar-refractivity contribution >= 4 is 46.0 Å². The summed E-state index contributed by atoms with van der Waals surface area (Å²) in [4.78, 5) is 12.9. The van der Waals surface area contributed by atoms with Crippen molar-refractivity contribution in [2.24, 2.45) is 11.7 Å². The highest BCUT2D eigenvalue weighted by Gasteiger charge is 2.28. The van der Waals surface area contributed by atoms with Gasteiger partial charge in [-0.05, 0) is 49.4 Å². The topological polar surface area (TPSA) is 55.1 Å². The molecular formula is C14H20BrClN2OS. The Morgan fingerprint density at radius 3 is 2.85 bits per heavy atom. The van der Waals surface area contributed by atoms with Crippen LogP contribution in [0, 0.1) is 12.8 Å². The number of hydrogen-bond donors (Lipinski definition) is 2. The van der Waals surface area contributed by atoms with Crippen molar-refractivity contribution in [1.29, 1.82) is 0 Å². The molecule has 0 saturated heterocycles. The van der Waals surface area contributed by atoms with Crippen LogP contribution in [0.5, 0.6) is 0 Å². The van der Waals surface area contributed by atoms with Gasteiger partial charge in [0, 0.05) is 22.0 Å². The molecule has 1 amide bonds. The average Bonchev–Trinajstić information content (AvgIpc) is 3.19.